The van der Waals surface area contributed by atoms with Crippen LogP contribution in [0.1, 0.15) is 13.3 Å². The third-order valence-corrected chi connectivity index (χ3v) is 4.31. The maximum atomic E-state index is 5.65. The lowest BCUT2D eigenvalue weighted by Crippen LogP contribution is -2.51. The number of piperazine rings is 1. The Bertz CT molecular complexity index is 229. The molecule has 2 fully saturated rings. The van der Waals surface area contributed by atoms with E-state index in [2.05, 4.69) is 35.7 Å². The zero-order chi connectivity index (χ0) is 12.3. The molecule has 2 aliphatic heterocycles. The lowest BCUT2D eigenvalue weighted by Gasteiger charge is -2.39. The van der Waals surface area contributed by atoms with Crippen LogP contribution in [0, 0.1) is 0 Å². The van der Waals surface area contributed by atoms with Gasteiger partial charge in [0.1, 0.15) is 0 Å². The molecule has 0 saturated carbocycles. The Balaban J connectivity index is 1.70. The van der Waals surface area contributed by atoms with Crippen LogP contribution in [0.2, 0.25) is 0 Å². The Morgan fingerprint density at radius 3 is 2.47 bits per heavy atom. The molecule has 17 heavy (non-hydrogen) atoms. The first-order chi connectivity index (χ1) is 8.16. The van der Waals surface area contributed by atoms with Crippen LogP contribution in [0.15, 0.2) is 0 Å². The fraction of sp³-hybridized carbons (Fsp3) is 1.00. The maximum Gasteiger partial charge on any atom is 0.0623 e. The third-order valence-electron chi connectivity index (χ3n) is 4.31. The van der Waals surface area contributed by atoms with E-state index >= 15 is 0 Å². The Hall–Kier alpha value is -0.160. The summed E-state index contributed by atoms with van der Waals surface area (Å²) in [7, 11) is 4.45. The molecule has 2 unspecified atom stereocenters. The van der Waals surface area contributed by atoms with Gasteiger partial charge in [-0.2, -0.15) is 0 Å². The second kappa shape index (κ2) is 6.14. The van der Waals surface area contributed by atoms with Crippen LogP contribution in [0.5, 0.6) is 0 Å². The standard InChI is InChI=1S/C13H27N3O/c1-12-10-17-11-13(15(12)3)4-5-16-8-6-14(2)7-9-16/h12-13H,4-11H2,1-3H3. The van der Waals surface area contributed by atoms with Crippen molar-refractivity contribution in [1.82, 2.24) is 14.7 Å². The third kappa shape index (κ3) is 3.65. The molecule has 0 radical (unpaired) electrons. The minimum atomic E-state index is 0.571. The number of morpholine rings is 1. The number of hydrogen-bond donors (Lipinski definition) is 0. The van der Waals surface area contributed by atoms with Crippen molar-refractivity contribution < 1.29 is 4.74 Å². The predicted octanol–water partition coefficient (Wildman–Crippen LogP) is 0.343. The average molecular weight is 241 g/mol. The topological polar surface area (TPSA) is 19.0 Å². The monoisotopic (exact) mass is 241 g/mol. The number of rotatable bonds is 3. The summed E-state index contributed by atoms with van der Waals surface area (Å²) >= 11 is 0. The van der Waals surface area contributed by atoms with Crippen LogP contribution in [0.4, 0.5) is 0 Å². The Labute approximate surface area is 105 Å². The summed E-state index contributed by atoms with van der Waals surface area (Å²) in [5.74, 6) is 0. The van der Waals surface area contributed by atoms with Gasteiger partial charge in [0, 0.05) is 38.3 Å². The van der Waals surface area contributed by atoms with Crippen LogP contribution in [-0.4, -0.2) is 86.8 Å². The molecule has 0 aliphatic carbocycles. The van der Waals surface area contributed by atoms with E-state index in [1.165, 1.54) is 39.1 Å². The molecule has 0 spiro atoms. The predicted molar refractivity (Wildman–Crippen MR) is 70.4 cm³/mol. The smallest absolute Gasteiger partial charge is 0.0623 e. The van der Waals surface area contributed by atoms with Gasteiger partial charge in [0.25, 0.3) is 0 Å². The fourth-order valence-corrected chi connectivity index (χ4v) is 2.66. The molecule has 0 bridgehead atoms. The van der Waals surface area contributed by atoms with Crippen molar-refractivity contribution in [2.45, 2.75) is 25.4 Å². The van der Waals surface area contributed by atoms with Gasteiger partial charge in [0.05, 0.1) is 13.2 Å². The highest BCUT2D eigenvalue weighted by Crippen LogP contribution is 2.14. The maximum absolute atomic E-state index is 5.65. The molecule has 2 atom stereocenters. The van der Waals surface area contributed by atoms with E-state index in [4.69, 9.17) is 4.74 Å². The Morgan fingerprint density at radius 2 is 1.76 bits per heavy atom. The quantitative estimate of drug-likeness (QED) is 0.709. The summed E-state index contributed by atoms with van der Waals surface area (Å²) in [6, 6.07) is 1.18. The largest absolute Gasteiger partial charge is 0.378 e. The molecule has 2 heterocycles. The van der Waals surface area contributed by atoms with Gasteiger partial charge in [-0.1, -0.05) is 0 Å². The average Bonchev–Trinajstić information content (AvgIpc) is 2.33. The molecular weight excluding hydrogens is 214 g/mol. The van der Waals surface area contributed by atoms with Gasteiger partial charge in [-0.15, -0.1) is 0 Å². The molecule has 4 heteroatoms. The van der Waals surface area contributed by atoms with Gasteiger partial charge in [-0.25, -0.2) is 0 Å². The molecule has 2 saturated heterocycles. The molecule has 100 valence electrons. The minimum Gasteiger partial charge on any atom is -0.378 e. The molecular formula is C13H27N3O. The molecule has 2 rings (SSSR count). The van der Waals surface area contributed by atoms with Crippen LogP contribution < -0.4 is 0 Å². The van der Waals surface area contributed by atoms with Crippen LogP contribution in [0.3, 0.4) is 0 Å². The van der Waals surface area contributed by atoms with E-state index in [0.717, 1.165) is 13.2 Å². The van der Waals surface area contributed by atoms with E-state index in [1.807, 2.05) is 0 Å². The molecule has 0 amide bonds. The van der Waals surface area contributed by atoms with Crippen molar-refractivity contribution in [2.24, 2.45) is 0 Å². The van der Waals surface area contributed by atoms with Gasteiger partial charge < -0.3 is 14.5 Å². The summed E-state index contributed by atoms with van der Waals surface area (Å²) in [5.41, 5.74) is 0. The Morgan fingerprint density at radius 1 is 1.06 bits per heavy atom. The molecule has 0 aromatic heterocycles. The first-order valence-corrected chi connectivity index (χ1v) is 6.87. The van der Waals surface area contributed by atoms with E-state index in [9.17, 15) is 0 Å². The zero-order valence-electron chi connectivity index (χ0n) is 11.6. The minimum absolute atomic E-state index is 0.571. The van der Waals surface area contributed by atoms with Crippen LogP contribution >= 0.6 is 0 Å². The molecule has 0 aromatic carbocycles. The van der Waals surface area contributed by atoms with E-state index in [-0.39, 0.29) is 0 Å². The van der Waals surface area contributed by atoms with Crippen molar-refractivity contribution in [1.29, 1.82) is 0 Å². The van der Waals surface area contributed by atoms with E-state index < -0.39 is 0 Å². The van der Waals surface area contributed by atoms with E-state index in [0.29, 0.717) is 12.1 Å². The van der Waals surface area contributed by atoms with Crippen molar-refractivity contribution in [3.8, 4) is 0 Å². The highest BCUT2D eigenvalue weighted by atomic mass is 16.5. The number of nitrogens with zero attached hydrogens (tertiary/aromatic N) is 3. The molecule has 0 N–H and O–H groups in total. The van der Waals surface area contributed by atoms with Gasteiger partial charge in [-0.05, 0) is 34.0 Å². The first kappa shape index (κ1) is 13.3. The van der Waals surface area contributed by atoms with E-state index in [1.54, 1.807) is 0 Å². The van der Waals surface area contributed by atoms with Gasteiger partial charge in [0.2, 0.25) is 0 Å². The molecule has 2 aliphatic rings. The molecule has 0 aromatic rings. The van der Waals surface area contributed by atoms with Gasteiger partial charge >= 0.3 is 0 Å². The highest BCUT2D eigenvalue weighted by Gasteiger charge is 2.25. The number of hydrogen-bond acceptors (Lipinski definition) is 4. The van der Waals surface area contributed by atoms with Gasteiger partial charge in [0.15, 0.2) is 0 Å². The van der Waals surface area contributed by atoms with Crippen molar-refractivity contribution in [3.63, 3.8) is 0 Å². The van der Waals surface area contributed by atoms with Crippen molar-refractivity contribution >= 4 is 0 Å². The van der Waals surface area contributed by atoms with Crippen LogP contribution in [0.25, 0.3) is 0 Å². The second-order valence-corrected chi connectivity index (χ2v) is 5.64. The normalized spacial score (nSPS) is 34.1. The zero-order valence-corrected chi connectivity index (χ0v) is 11.6. The summed E-state index contributed by atoms with van der Waals surface area (Å²) < 4.78 is 5.65. The number of likely N-dealkylation sites (N-methyl/N-ethyl adjacent to an activating group) is 2. The van der Waals surface area contributed by atoms with Gasteiger partial charge in [-0.3, -0.25) is 4.90 Å². The SMILES string of the molecule is CC1COCC(CCN2CCN(C)CC2)N1C. The lowest BCUT2D eigenvalue weighted by atomic mass is 10.1. The summed E-state index contributed by atoms with van der Waals surface area (Å²) in [6.45, 7) is 10.2. The van der Waals surface area contributed by atoms with Crippen molar-refractivity contribution in [3.05, 3.63) is 0 Å². The first-order valence-electron chi connectivity index (χ1n) is 6.87. The number of ether oxygens (including phenoxy) is 1. The summed E-state index contributed by atoms with van der Waals surface area (Å²) in [4.78, 5) is 7.49. The summed E-state index contributed by atoms with van der Waals surface area (Å²) in [5, 5.41) is 0. The second-order valence-electron chi connectivity index (χ2n) is 5.64. The fourth-order valence-electron chi connectivity index (χ4n) is 2.66. The lowest BCUT2D eigenvalue weighted by molar-refractivity contribution is -0.0353. The Kier molecular flexibility index (Phi) is 4.79. The summed E-state index contributed by atoms with van der Waals surface area (Å²) in [6.07, 6.45) is 1.24. The highest BCUT2D eigenvalue weighted by molar-refractivity contribution is 4.80. The van der Waals surface area contributed by atoms with Crippen LogP contribution in [-0.2, 0) is 4.74 Å². The van der Waals surface area contributed by atoms with Crippen molar-refractivity contribution in [2.75, 3.05) is 60.0 Å². The molecule has 4 nitrogen and oxygen atoms in total.